The van der Waals surface area contributed by atoms with Crippen molar-refractivity contribution in [3.05, 3.63) is 125 Å². The lowest BCUT2D eigenvalue weighted by atomic mass is 9.94. The second kappa shape index (κ2) is 13.5. The molecule has 1 aromatic heterocycles. The van der Waals surface area contributed by atoms with Crippen molar-refractivity contribution in [1.82, 2.24) is 4.57 Å². The zero-order valence-electron chi connectivity index (χ0n) is 23.9. The van der Waals surface area contributed by atoms with E-state index in [1.165, 1.54) is 23.5 Å². The summed E-state index contributed by atoms with van der Waals surface area (Å²) >= 11 is 4.84. The first-order chi connectivity index (χ1) is 20.8. The van der Waals surface area contributed by atoms with Crippen molar-refractivity contribution in [2.24, 2.45) is 4.99 Å². The van der Waals surface area contributed by atoms with Crippen LogP contribution >= 0.6 is 27.3 Å². The van der Waals surface area contributed by atoms with Crippen LogP contribution in [0.25, 0.3) is 6.08 Å². The number of hydrogen-bond acceptors (Lipinski definition) is 7. The summed E-state index contributed by atoms with van der Waals surface area (Å²) in [6.07, 6.45) is 3.13. The zero-order chi connectivity index (χ0) is 30.5. The maximum atomic E-state index is 14.0. The van der Waals surface area contributed by atoms with Crippen LogP contribution in [0.15, 0.2) is 92.3 Å². The molecule has 0 amide bonds. The van der Waals surface area contributed by atoms with Crippen molar-refractivity contribution in [2.45, 2.75) is 39.3 Å². The molecule has 0 unspecified atom stereocenters. The van der Waals surface area contributed by atoms with E-state index < -0.39 is 12.0 Å². The van der Waals surface area contributed by atoms with E-state index >= 15 is 0 Å². The van der Waals surface area contributed by atoms with Gasteiger partial charge in [-0.1, -0.05) is 55.0 Å². The van der Waals surface area contributed by atoms with Gasteiger partial charge in [-0.05, 0) is 88.4 Å². The molecule has 0 saturated heterocycles. The predicted molar refractivity (Wildman–Crippen MR) is 168 cm³/mol. The van der Waals surface area contributed by atoms with E-state index in [9.17, 15) is 14.0 Å². The molecule has 3 aromatic carbocycles. The molecule has 1 aliphatic rings. The molecule has 1 aliphatic heterocycles. The quantitative estimate of drug-likeness (QED) is 0.192. The standard InChI is InChI=1S/C33H30BrFN2O5S/c1-4-7-26-29(32(39)41-5-2)30(22-8-6-9-24(18-22)40-3)37-31(38)28(43-33(37)36-26)17-21-12-15-27(25(34)16-21)42-19-20-10-13-23(35)14-11-20/h6,8-18,30H,4-5,7,19H2,1-3H3/b28-17-/t30-/m1/s1. The molecule has 0 spiro atoms. The van der Waals surface area contributed by atoms with Crippen LogP contribution in [-0.2, 0) is 16.1 Å². The summed E-state index contributed by atoms with van der Waals surface area (Å²) in [4.78, 5) is 32.7. The van der Waals surface area contributed by atoms with Gasteiger partial charge in [-0.2, -0.15) is 0 Å². The largest absolute Gasteiger partial charge is 0.497 e. The fourth-order valence-electron chi connectivity index (χ4n) is 4.86. The van der Waals surface area contributed by atoms with E-state index in [2.05, 4.69) is 15.9 Å². The summed E-state index contributed by atoms with van der Waals surface area (Å²) in [6, 6.07) is 18.3. The molecular formula is C33H30BrFN2O5S. The molecule has 7 nitrogen and oxygen atoms in total. The molecule has 0 aliphatic carbocycles. The summed E-state index contributed by atoms with van der Waals surface area (Å²) < 4.78 is 32.8. The summed E-state index contributed by atoms with van der Waals surface area (Å²) in [7, 11) is 1.58. The van der Waals surface area contributed by atoms with Crippen LogP contribution in [0.2, 0.25) is 0 Å². The second-order valence-corrected chi connectivity index (χ2v) is 11.7. The highest BCUT2D eigenvalue weighted by atomic mass is 79.9. The first-order valence-electron chi connectivity index (χ1n) is 13.9. The van der Waals surface area contributed by atoms with Gasteiger partial charge < -0.3 is 14.2 Å². The molecule has 0 N–H and O–H groups in total. The van der Waals surface area contributed by atoms with Crippen LogP contribution in [0.3, 0.4) is 0 Å². The van der Waals surface area contributed by atoms with E-state index in [0.717, 1.165) is 23.1 Å². The molecule has 5 rings (SSSR count). The van der Waals surface area contributed by atoms with Crippen LogP contribution in [0.4, 0.5) is 4.39 Å². The number of fused-ring (bicyclic) bond motifs is 1. The van der Waals surface area contributed by atoms with Gasteiger partial charge in [-0.15, -0.1) is 0 Å². The molecule has 1 atom stereocenters. The molecule has 0 radical (unpaired) electrons. The van der Waals surface area contributed by atoms with Crippen LogP contribution in [0.1, 0.15) is 49.4 Å². The summed E-state index contributed by atoms with van der Waals surface area (Å²) in [5.41, 5.74) is 3.07. The number of methoxy groups -OCH3 is 1. The minimum Gasteiger partial charge on any atom is -0.497 e. The number of ether oxygens (including phenoxy) is 3. The lowest BCUT2D eigenvalue weighted by Gasteiger charge is -2.26. The van der Waals surface area contributed by atoms with Gasteiger partial charge in [0.2, 0.25) is 0 Å². The van der Waals surface area contributed by atoms with Gasteiger partial charge in [-0.25, -0.2) is 14.2 Å². The summed E-state index contributed by atoms with van der Waals surface area (Å²) in [5, 5.41) is 0. The van der Waals surface area contributed by atoms with Crippen LogP contribution in [0.5, 0.6) is 11.5 Å². The highest BCUT2D eigenvalue weighted by Gasteiger charge is 2.34. The SMILES string of the molecule is CCCC1=C(C(=O)OCC)[C@@H](c2cccc(OC)c2)n2c(s/c(=C\c3ccc(OCc4ccc(F)cc4)c(Br)c3)c2=O)=N1. The van der Waals surface area contributed by atoms with E-state index in [-0.39, 0.29) is 24.6 Å². The molecule has 222 valence electrons. The Labute approximate surface area is 260 Å². The van der Waals surface area contributed by atoms with Crippen molar-refractivity contribution >= 4 is 39.3 Å². The van der Waals surface area contributed by atoms with Gasteiger partial charge >= 0.3 is 5.97 Å². The van der Waals surface area contributed by atoms with Gasteiger partial charge in [0.05, 0.1) is 40.0 Å². The number of carbonyl (C=O) groups excluding carboxylic acids is 1. The first kappa shape index (κ1) is 30.4. The number of esters is 1. The molecule has 43 heavy (non-hydrogen) atoms. The van der Waals surface area contributed by atoms with E-state index in [1.807, 2.05) is 49.4 Å². The average Bonchev–Trinajstić information content (AvgIpc) is 3.31. The molecule has 2 heterocycles. The van der Waals surface area contributed by atoms with Crippen LogP contribution in [-0.4, -0.2) is 24.3 Å². The number of thiazole rings is 1. The second-order valence-electron chi connectivity index (χ2n) is 9.80. The Morgan fingerprint density at radius 3 is 2.60 bits per heavy atom. The van der Waals surface area contributed by atoms with Gasteiger partial charge in [0, 0.05) is 0 Å². The normalized spacial score (nSPS) is 14.7. The third kappa shape index (κ3) is 6.65. The van der Waals surface area contributed by atoms with Crippen LogP contribution < -0.4 is 24.4 Å². The van der Waals surface area contributed by atoms with Gasteiger partial charge in [0.15, 0.2) is 4.80 Å². The fourth-order valence-corrected chi connectivity index (χ4v) is 6.40. The zero-order valence-corrected chi connectivity index (χ0v) is 26.3. The number of halogens is 2. The lowest BCUT2D eigenvalue weighted by Crippen LogP contribution is -2.40. The minimum absolute atomic E-state index is 0.204. The molecule has 4 aromatic rings. The Balaban J connectivity index is 1.56. The molecule has 0 saturated carbocycles. The Hall–Kier alpha value is -4.02. The molecule has 0 fully saturated rings. The highest BCUT2D eigenvalue weighted by Crippen LogP contribution is 2.34. The Morgan fingerprint density at radius 1 is 1.12 bits per heavy atom. The predicted octanol–water partition coefficient (Wildman–Crippen LogP) is 6.07. The van der Waals surface area contributed by atoms with Crippen LogP contribution in [0, 0.1) is 5.82 Å². The monoisotopic (exact) mass is 664 g/mol. The van der Waals surface area contributed by atoms with Crippen molar-refractivity contribution in [3.63, 3.8) is 0 Å². The van der Waals surface area contributed by atoms with Crippen molar-refractivity contribution in [1.29, 1.82) is 0 Å². The van der Waals surface area contributed by atoms with E-state index in [4.69, 9.17) is 19.2 Å². The maximum absolute atomic E-state index is 14.0. The Kier molecular flexibility index (Phi) is 9.57. The highest BCUT2D eigenvalue weighted by molar-refractivity contribution is 9.10. The number of aromatic nitrogens is 1. The molecule has 0 bridgehead atoms. The Bertz CT molecular complexity index is 1860. The topological polar surface area (TPSA) is 79.1 Å². The first-order valence-corrected chi connectivity index (χ1v) is 15.5. The Morgan fingerprint density at radius 2 is 1.91 bits per heavy atom. The van der Waals surface area contributed by atoms with Gasteiger partial charge in [-0.3, -0.25) is 9.36 Å². The fraction of sp³-hybridized carbons (Fsp3) is 0.242. The van der Waals surface area contributed by atoms with E-state index in [1.54, 1.807) is 36.8 Å². The minimum atomic E-state index is -0.719. The smallest absolute Gasteiger partial charge is 0.338 e. The maximum Gasteiger partial charge on any atom is 0.338 e. The lowest BCUT2D eigenvalue weighted by molar-refractivity contribution is -0.139. The number of allylic oxidation sites excluding steroid dienone is 1. The summed E-state index contributed by atoms with van der Waals surface area (Å²) in [5.74, 6) is 0.442. The third-order valence-electron chi connectivity index (χ3n) is 6.86. The van der Waals surface area contributed by atoms with Crippen molar-refractivity contribution in [2.75, 3.05) is 13.7 Å². The number of carbonyl (C=O) groups is 1. The number of rotatable bonds is 10. The van der Waals surface area contributed by atoms with Gasteiger partial charge in [0.25, 0.3) is 5.56 Å². The van der Waals surface area contributed by atoms with Gasteiger partial charge in [0.1, 0.15) is 23.9 Å². The van der Waals surface area contributed by atoms with Crippen molar-refractivity contribution in [3.8, 4) is 11.5 Å². The summed E-state index contributed by atoms with van der Waals surface area (Å²) in [6.45, 7) is 4.26. The number of nitrogens with zero attached hydrogens (tertiary/aromatic N) is 2. The van der Waals surface area contributed by atoms with E-state index in [0.29, 0.717) is 43.0 Å². The molecular weight excluding hydrogens is 635 g/mol. The molecule has 10 heteroatoms. The average molecular weight is 666 g/mol. The van der Waals surface area contributed by atoms with Crippen molar-refractivity contribution < 1.29 is 23.4 Å². The number of benzene rings is 3. The third-order valence-corrected chi connectivity index (χ3v) is 8.47. The number of hydrogen-bond donors (Lipinski definition) is 0.